The Hall–Kier alpha value is -2.19. The first kappa shape index (κ1) is 15.7. The Labute approximate surface area is 138 Å². The maximum absolute atomic E-state index is 11.8. The third-order valence-electron chi connectivity index (χ3n) is 3.86. The van der Waals surface area contributed by atoms with Crippen LogP contribution in [0.4, 0.5) is 16.0 Å². The van der Waals surface area contributed by atoms with Gasteiger partial charge in [0.2, 0.25) is 0 Å². The summed E-state index contributed by atoms with van der Waals surface area (Å²) < 4.78 is 0. The molecule has 1 aliphatic rings. The topological polar surface area (TPSA) is 101 Å². The number of nitrogens with two attached hydrogens (primary N) is 2. The Morgan fingerprint density at radius 3 is 2.96 bits per heavy atom. The quantitative estimate of drug-likeness (QED) is 0.876. The van der Waals surface area contributed by atoms with Crippen molar-refractivity contribution < 1.29 is 4.79 Å². The molecule has 0 radical (unpaired) electrons. The van der Waals surface area contributed by atoms with Crippen LogP contribution in [0.25, 0.3) is 0 Å². The molecular formula is C15H20N6OS. The van der Waals surface area contributed by atoms with Gasteiger partial charge in [0.1, 0.15) is 10.8 Å². The summed E-state index contributed by atoms with van der Waals surface area (Å²) in [6.07, 6.45) is 3.75. The second-order valence-electron chi connectivity index (χ2n) is 5.61. The molecule has 0 bridgehead atoms. The minimum absolute atomic E-state index is 0.140. The highest BCUT2D eigenvalue weighted by atomic mass is 32.1. The first-order chi connectivity index (χ1) is 11.1. The molecule has 1 saturated heterocycles. The number of pyridine rings is 1. The Morgan fingerprint density at radius 2 is 2.30 bits per heavy atom. The number of carbonyl (C=O) groups excluding carboxylic acids is 1. The van der Waals surface area contributed by atoms with E-state index in [1.165, 1.54) is 11.3 Å². The number of aromatic nitrogens is 2. The van der Waals surface area contributed by atoms with Crippen molar-refractivity contribution in [2.24, 2.45) is 11.5 Å². The Balaban J connectivity index is 1.94. The maximum atomic E-state index is 11.8. The van der Waals surface area contributed by atoms with Crippen LogP contribution in [0.15, 0.2) is 24.4 Å². The summed E-state index contributed by atoms with van der Waals surface area (Å²) in [5, 5.41) is 1.48. The van der Waals surface area contributed by atoms with Crippen LogP contribution in [0.5, 0.6) is 0 Å². The molecule has 1 fully saturated rings. The minimum atomic E-state index is -0.536. The number of hydrogen-bond donors (Lipinski definition) is 2. The fraction of sp³-hybridized carbons (Fsp3) is 0.400. The summed E-state index contributed by atoms with van der Waals surface area (Å²) in [5.41, 5.74) is 11.8. The third-order valence-corrected chi connectivity index (χ3v) is 5.05. The van der Waals surface area contributed by atoms with Gasteiger partial charge in [-0.05, 0) is 25.0 Å². The highest BCUT2D eigenvalue weighted by molar-refractivity contribution is 7.20. The van der Waals surface area contributed by atoms with E-state index in [1.807, 2.05) is 30.1 Å². The summed E-state index contributed by atoms with van der Waals surface area (Å²) in [6, 6.07) is 5.76. The van der Waals surface area contributed by atoms with E-state index in [-0.39, 0.29) is 11.7 Å². The molecule has 0 aromatic carbocycles. The molecule has 7 nitrogen and oxygen atoms in total. The molecular weight excluding hydrogens is 312 g/mol. The molecule has 8 heteroatoms. The van der Waals surface area contributed by atoms with Gasteiger partial charge in [0.25, 0.3) is 5.91 Å². The van der Waals surface area contributed by atoms with E-state index in [1.54, 1.807) is 6.20 Å². The molecule has 23 heavy (non-hydrogen) atoms. The van der Waals surface area contributed by atoms with Crippen LogP contribution in [-0.2, 0) is 0 Å². The first-order valence-corrected chi connectivity index (χ1v) is 8.34. The molecule has 2 aromatic heterocycles. The molecule has 1 unspecified atom stereocenters. The molecule has 122 valence electrons. The Bertz CT molecular complexity index is 689. The molecule has 0 aliphatic carbocycles. The van der Waals surface area contributed by atoms with Crippen molar-refractivity contribution >= 4 is 33.2 Å². The van der Waals surface area contributed by atoms with Gasteiger partial charge in [-0.3, -0.25) is 4.79 Å². The molecule has 1 atom stereocenters. The van der Waals surface area contributed by atoms with Crippen molar-refractivity contribution in [3.8, 4) is 0 Å². The molecule has 1 amide bonds. The van der Waals surface area contributed by atoms with Crippen molar-refractivity contribution in [1.82, 2.24) is 9.97 Å². The van der Waals surface area contributed by atoms with Crippen LogP contribution in [0.1, 0.15) is 23.3 Å². The van der Waals surface area contributed by atoms with E-state index in [0.29, 0.717) is 5.00 Å². The summed E-state index contributed by atoms with van der Waals surface area (Å²) in [5.74, 6) is 0.201. The summed E-state index contributed by atoms with van der Waals surface area (Å²) in [4.78, 5) is 24.5. The predicted molar refractivity (Wildman–Crippen MR) is 92.4 cm³/mol. The SMILES string of the molecule is CN(c1ccccn1)c1sc(N2CCCC(N)C2)nc1C(N)=O. The average Bonchev–Trinajstić information content (AvgIpc) is 3.00. The van der Waals surface area contributed by atoms with Crippen LogP contribution in [0, 0.1) is 0 Å². The fourth-order valence-corrected chi connectivity index (χ4v) is 3.74. The Morgan fingerprint density at radius 1 is 1.48 bits per heavy atom. The Kier molecular flexibility index (Phi) is 4.44. The molecule has 2 aromatic rings. The number of hydrogen-bond acceptors (Lipinski definition) is 7. The summed E-state index contributed by atoms with van der Waals surface area (Å²) in [7, 11) is 1.86. The zero-order chi connectivity index (χ0) is 16.4. The fourth-order valence-electron chi connectivity index (χ4n) is 2.66. The summed E-state index contributed by atoms with van der Waals surface area (Å²) in [6.45, 7) is 1.64. The van der Waals surface area contributed by atoms with Crippen LogP contribution in [-0.4, -0.2) is 42.1 Å². The summed E-state index contributed by atoms with van der Waals surface area (Å²) >= 11 is 1.44. The van der Waals surface area contributed by atoms with Gasteiger partial charge < -0.3 is 21.3 Å². The number of carbonyl (C=O) groups is 1. The number of amides is 1. The highest BCUT2D eigenvalue weighted by Gasteiger charge is 2.25. The predicted octanol–water partition coefficient (Wildman–Crippen LogP) is 1.33. The van der Waals surface area contributed by atoms with Crippen molar-refractivity contribution in [2.45, 2.75) is 18.9 Å². The van der Waals surface area contributed by atoms with Gasteiger partial charge in [-0.2, -0.15) is 0 Å². The van der Waals surface area contributed by atoms with E-state index >= 15 is 0 Å². The van der Waals surface area contributed by atoms with Gasteiger partial charge in [-0.1, -0.05) is 17.4 Å². The smallest absolute Gasteiger partial charge is 0.270 e. The monoisotopic (exact) mass is 332 g/mol. The van der Waals surface area contributed by atoms with Gasteiger partial charge in [-0.15, -0.1) is 0 Å². The second-order valence-corrected chi connectivity index (χ2v) is 6.57. The molecule has 0 spiro atoms. The highest BCUT2D eigenvalue weighted by Crippen LogP contribution is 2.37. The molecule has 4 N–H and O–H groups in total. The van der Waals surface area contributed by atoms with Crippen molar-refractivity contribution in [3.63, 3.8) is 0 Å². The van der Waals surface area contributed by atoms with Crippen molar-refractivity contribution in [3.05, 3.63) is 30.1 Å². The molecule has 3 rings (SSSR count). The molecule has 3 heterocycles. The van der Waals surface area contributed by atoms with E-state index in [9.17, 15) is 4.79 Å². The first-order valence-electron chi connectivity index (χ1n) is 7.52. The van der Waals surface area contributed by atoms with E-state index in [0.717, 1.165) is 36.9 Å². The largest absolute Gasteiger partial charge is 0.364 e. The number of anilines is 3. The number of thiazole rings is 1. The second kappa shape index (κ2) is 6.51. The van der Waals surface area contributed by atoms with Crippen molar-refractivity contribution in [1.29, 1.82) is 0 Å². The zero-order valence-electron chi connectivity index (χ0n) is 13.0. The van der Waals surface area contributed by atoms with Crippen LogP contribution in [0.3, 0.4) is 0 Å². The van der Waals surface area contributed by atoms with Crippen LogP contribution >= 0.6 is 11.3 Å². The number of primary amides is 1. The van der Waals surface area contributed by atoms with Gasteiger partial charge in [0, 0.05) is 32.4 Å². The lowest BCUT2D eigenvalue weighted by Crippen LogP contribution is -2.42. The van der Waals surface area contributed by atoms with Gasteiger partial charge in [-0.25, -0.2) is 9.97 Å². The lowest BCUT2D eigenvalue weighted by Gasteiger charge is -2.30. The molecule has 0 saturated carbocycles. The van der Waals surface area contributed by atoms with Gasteiger partial charge in [0.15, 0.2) is 10.8 Å². The van der Waals surface area contributed by atoms with Crippen LogP contribution in [0.2, 0.25) is 0 Å². The third kappa shape index (κ3) is 3.27. The number of nitrogens with zero attached hydrogens (tertiary/aromatic N) is 4. The van der Waals surface area contributed by atoms with Crippen LogP contribution < -0.4 is 21.3 Å². The van der Waals surface area contributed by atoms with E-state index in [4.69, 9.17) is 11.5 Å². The lowest BCUT2D eigenvalue weighted by molar-refractivity contribution is 0.0997. The van der Waals surface area contributed by atoms with Gasteiger partial charge in [0.05, 0.1) is 0 Å². The lowest BCUT2D eigenvalue weighted by atomic mass is 10.1. The van der Waals surface area contributed by atoms with Gasteiger partial charge >= 0.3 is 0 Å². The normalized spacial score (nSPS) is 18.0. The standard InChI is InChI=1S/C15H20N6OS/c1-20(11-6-2-3-7-18-11)14-12(13(17)22)19-15(23-14)21-8-4-5-10(16)9-21/h2-3,6-7,10H,4-5,8-9,16H2,1H3,(H2,17,22). The zero-order valence-corrected chi connectivity index (χ0v) is 13.8. The maximum Gasteiger partial charge on any atom is 0.270 e. The minimum Gasteiger partial charge on any atom is -0.364 e. The van der Waals surface area contributed by atoms with E-state index < -0.39 is 5.91 Å². The van der Waals surface area contributed by atoms with E-state index in [2.05, 4.69) is 14.9 Å². The van der Waals surface area contributed by atoms with Crippen molar-refractivity contribution in [2.75, 3.05) is 29.9 Å². The number of rotatable bonds is 4. The average molecular weight is 332 g/mol. The number of piperidine rings is 1. The molecule has 1 aliphatic heterocycles.